The third-order valence-electron chi connectivity index (χ3n) is 6.30. The minimum Gasteiger partial charge on any atom is -0.508 e. The number of benzene rings is 6. The van der Waals surface area contributed by atoms with Gasteiger partial charge in [-0.15, -0.1) is 0 Å². The molecule has 0 saturated carbocycles. The largest absolute Gasteiger partial charge is 0.508 e. The molecule has 1 heterocycles. The third-order valence-corrected chi connectivity index (χ3v) is 6.30. The Balaban J connectivity index is 1.96. The minimum absolute atomic E-state index is 0.279. The number of hydrogen-bond acceptors (Lipinski definition) is 2. The second-order valence-electron chi connectivity index (χ2n) is 7.87. The molecule has 1 N–H and O–H groups in total. The van der Waals surface area contributed by atoms with E-state index in [-0.39, 0.29) is 5.75 Å². The average Bonchev–Trinajstić information content (AvgIpc) is 3.18. The van der Waals surface area contributed by atoms with Gasteiger partial charge in [-0.2, -0.15) is 0 Å². The lowest BCUT2D eigenvalue weighted by molar-refractivity contribution is 0.476. The first-order valence-electron chi connectivity index (χ1n) is 10.1. The van der Waals surface area contributed by atoms with Gasteiger partial charge in [0.25, 0.3) is 0 Å². The molecule has 0 unspecified atom stereocenters. The minimum atomic E-state index is 0.279. The predicted molar refractivity (Wildman–Crippen MR) is 125 cm³/mol. The van der Waals surface area contributed by atoms with Crippen molar-refractivity contribution in [3.05, 3.63) is 91.0 Å². The van der Waals surface area contributed by atoms with E-state index < -0.39 is 0 Å². The zero-order chi connectivity index (χ0) is 19.8. The van der Waals surface area contributed by atoms with Crippen LogP contribution >= 0.6 is 0 Å². The second kappa shape index (κ2) is 5.52. The van der Waals surface area contributed by atoms with Crippen LogP contribution in [0.1, 0.15) is 0 Å². The molecule has 0 saturated heterocycles. The molecule has 0 amide bonds. The highest BCUT2D eigenvalue weighted by atomic mass is 16.3. The van der Waals surface area contributed by atoms with Gasteiger partial charge in [0, 0.05) is 21.5 Å². The summed E-state index contributed by atoms with van der Waals surface area (Å²) < 4.78 is 6.51. The molecule has 2 nitrogen and oxygen atoms in total. The summed E-state index contributed by atoms with van der Waals surface area (Å²) in [5.74, 6) is 0.279. The fraction of sp³-hybridized carbons (Fsp3) is 0. The maximum absolute atomic E-state index is 10.2. The maximum Gasteiger partial charge on any atom is 0.144 e. The van der Waals surface area contributed by atoms with Crippen molar-refractivity contribution in [1.82, 2.24) is 0 Å². The average molecular weight is 384 g/mol. The molecule has 0 fully saturated rings. The zero-order valence-electron chi connectivity index (χ0n) is 16.0. The first-order valence-corrected chi connectivity index (χ1v) is 10.1. The van der Waals surface area contributed by atoms with Crippen LogP contribution in [0.25, 0.3) is 65.0 Å². The van der Waals surface area contributed by atoms with E-state index >= 15 is 0 Å². The predicted octanol–water partition coefficient (Wildman–Crippen LogP) is 7.90. The Hall–Kier alpha value is -4.04. The van der Waals surface area contributed by atoms with Gasteiger partial charge in [0.1, 0.15) is 16.9 Å². The van der Waals surface area contributed by atoms with Gasteiger partial charge in [0.05, 0.1) is 0 Å². The molecule has 6 aromatic carbocycles. The Morgan fingerprint density at radius 2 is 1.03 bits per heavy atom. The van der Waals surface area contributed by atoms with Crippen LogP contribution in [-0.4, -0.2) is 5.11 Å². The van der Waals surface area contributed by atoms with Crippen molar-refractivity contribution in [2.24, 2.45) is 0 Å². The lowest BCUT2D eigenvalue weighted by Crippen LogP contribution is -1.86. The van der Waals surface area contributed by atoms with Gasteiger partial charge in [-0.3, -0.25) is 0 Å². The fourth-order valence-corrected chi connectivity index (χ4v) is 5.10. The molecule has 140 valence electrons. The highest BCUT2D eigenvalue weighted by Crippen LogP contribution is 2.46. The van der Waals surface area contributed by atoms with Gasteiger partial charge in [-0.25, -0.2) is 0 Å². The summed E-state index contributed by atoms with van der Waals surface area (Å²) >= 11 is 0. The summed E-state index contributed by atoms with van der Waals surface area (Å²) in [5.41, 5.74) is 1.83. The van der Waals surface area contributed by atoms with E-state index in [0.29, 0.717) is 0 Å². The van der Waals surface area contributed by atoms with Crippen molar-refractivity contribution in [2.45, 2.75) is 0 Å². The molecule has 7 rings (SSSR count). The molecule has 2 heteroatoms. The highest BCUT2D eigenvalue weighted by molar-refractivity contribution is 6.41. The zero-order valence-corrected chi connectivity index (χ0v) is 16.0. The van der Waals surface area contributed by atoms with Crippen LogP contribution in [0.4, 0.5) is 0 Å². The van der Waals surface area contributed by atoms with Crippen LogP contribution in [0.3, 0.4) is 0 Å². The quantitative estimate of drug-likeness (QED) is 0.270. The summed E-state index contributed by atoms with van der Waals surface area (Å²) in [7, 11) is 0. The van der Waals surface area contributed by atoms with Crippen molar-refractivity contribution in [3.63, 3.8) is 0 Å². The first kappa shape index (κ1) is 15.8. The molecule has 0 radical (unpaired) electrons. The summed E-state index contributed by atoms with van der Waals surface area (Å²) in [6.07, 6.45) is 0. The number of fused-ring (bicyclic) bond motifs is 13. The molecule has 7 aromatic rings. The van der Waals surface area contributed by atoms with E-state index in [1.54, 1.807) is 6.07 Å². The number of furan rings is 1. The van der Waals surface area contributed by atoms with Crippen molar-refractivity contribution < 1.29 is 9.52 Å². The van der Waals surface area contributed by atoms with Crippen LogP contribution in [0.15, 0.2) is 95.4 Å². The van der Waals surface area contributed by atoms with Gasteiger partial charge in [0.15, 0.2) is 0 Å². The number of hydrogen-bond donors (Lipinski definition) is 1. The lowest BCUT2D eigenvalue weighted by atomic mass is 9.89. The number of phenolic OH excluding ortho intramolecular Hbond substituents is 1. The van der Waals surface area contributed by atoms with Gasteiger partial charge in [-0.1, -0.05) is 72.8 Å². The molecular formula is C28H16O2. The molecule has 0 aliphatic carbocycles. The molecule has 0 atom stereocenters. The molecule has 0 spiro atoms. The molecular weight excluding hydrogens is 368 g/mol. The van der Waals surface area contributed by atoms with E-state index in [1.807, 2.05) is 24.3 Å². The second-order valence-corrected chi connectivity index (χ2v) is 7.87. The van der Waals surface area contributed by atoms with Crippen molar-refractivity contribution in [2.75, 3.05) is 0 Å². The van der Waals surface area contributed by atoms with E-state index in [0.717, 1.165) is 48.9 Å². The Morgan fingerprint density at radius 1 is 0.467 bits per heavy atom. The SMILES string of the molecule is Oc1ccc2c(c1)c1ccccc1c1c3oc4ccccc4c3c3ccccc3c21. The molecule has 0 aliphatic rings. The van der Waals surface area contributed by atoms with Crippen LogP contribution in [0.5, 0.6) is 5.75 Å². The smallest absolute Gasteiger partial charge is 0.144 e. The van der Waals surface area contributed by atoms with E-state index in [4.69, 9.17) is 4.42 Å². The van der Waals surface area contributed by atoms with Gasteiger partial charge < -0.3 is 9.52 Å². The first-order chi connectivity index (χ1) is 14.8. The summed E-state index contributed by atoms with van der Waals surface area (Å²) in [6.45, 7) is 0. The molecule has 0 bridgehead atoms. The standard InChI is InChI=1S/C28H16O2/c29-16-13-14-21-23(15-16)17-7-1-2-8-18(17)27-25(21)19-9-3-4-10-20(19)26-22-11-5-6-12-24(22)30-28(26)27/h1-15,29H. The van der Waals surface area contributed by atoms with Crippen molar-refractivity contribution >= 4 is 65.0 Å². The van der Waals surface area contributed by atoms with Gasteiger partial charge in [-0.05, 0) is 50.5 Å². The number of rotatable bonds is 0. The Kier molecular flexibility index (Phi) is 2.91. The Labute approximate surface area is 171 Å². The van der Waals surface area contributed by atoms with Crippen LogP contribution in [0, 0.1) is 0 Å². The Bertz CT molecular complexity index is 1810. The molecule has 0 aliphatic heterocycles. The lowest BCUT2D eigenvalue weighted by Gasteiger charge is -2.14. The normalized spacial score (nSPS) is 12.1. The number of aromatic hydroxyl groups is 1. The van der Waals surface area contributed by atoms with Crippen LogP contribution in [-0.2, 0) is 0 Å². The van der Waals surface area contributed by atoms with Crippen LogP contribution < -0.4 is 0 Å². The molecule has 1 aromatic heterocycles. The Morgan fingerprint density at radius 3 is 1.80 bits per heavy atom. The third kappa shape index (κ3) is 1.88. The van der Waals surface area contributed by atoms with E-state index in [9.17, 15) is 5.11 Å². The number of para-hydroxylation sites is 1. The van der Waals surface area contributed by atoms with Gasteiger partial charge >= 0.3 is 0 Å². The summed E-state index contributed by atoms with van der Waals surface area (Å²) in [5, 5.41) is 21.7. The maximum atomic E-state index is 10.2. The highest BCUT2D eigenvalue weighted by Gasteiger charge is 2.19. The van der Waals surface area contributed by atoms with Gasteiger partial charge in [0.2, 0.25) is 0 Å². The number of phenols is 1. The van der Waals surface area contributed by atoms with Crippen molar-refractivity contribution in [1.29, 1.82) is 0 Å². The topological polar surface area (TPSA) is 33.4 Å². The summed E-state index contributed by atoms with van der Waals surface area (Å²) in [6, 6.07) is 30.9. The summed E-state index contributed by atoms with van der Waals surface area (Å²) in [4.78, 5) is 0. The van der Waals surface area contributed by atoms with E-state index in [2.05, 4.69) is 60.7 Å². The molecule has 30 heavy (non-hydrogen) atoms. The van der Waals surface area contributed by atoms with Crippen LogP contribution in [0.2, 0.25) is 0 Å². The fourth-order valence-electron chi connectivity index (χ4n) is 5.10. The van der Waals surface area contributed by atoms with Crippen molar-refractivity contribution in [3.8, 4) is 5.75 Å². The van der Waals surface area contributed by atoms with E-state index in [1.165, 1.54) is 16.2 Å². The monoisotopic (exact) mass is 384 g/mol.